The fourth-order valence-electron chi connectivity index (χ4n) is 1.66. The lowest BCUT2D eigenvalue weighted by molar-refractivity contribution is -0.192. The Hall–Kier alpha value is -0.0800. The first-order chi connectivity index (χ1) is 6.14. The maximum Gasteiger partial charge on any atom is 0.155 e. The molecule has 2 heteroatoms. The zero-order valence-electron chi connectivity index (χ0n) is 9.47. The molecule has 0 saturated heterocycles. The average molecular weight is 188 g/mol. The normalized spacial score (nSPS) is 14.5. The van der Waals surface area contributed by atoms with Gasteiger partial charge in [-0.2, -0.15) is 0 Å². The van der Waals surface area contributed by atoms with Crippen molar-refractivity contribution in [1.82, 2.24) is 0 Å². The quantitative estimate of drug-likeness (QED) is 0.622. The molecule has 80 valence electrons. The zero-order chi connectivity index (χ0) is 10.3. The van der Waals surface area contributed by atoms with Gasteiger partial charge in [-0.15, -0.1) is 0 Å². The van der Waals surface area contributed by atoms with E-state index in [4.69, 9.17) is 4.74 Å². The Balaban J connectivity index is 4.19. The maximum atomic E-state index is 9.46. The predicted molar refractivity (Wildman–Crippen MR) is 55.6 cm³/mol. The zero-order valence-corrected chi connectivity index (χ0v) is 9.47. The number of hydrogen-bond donors (Lipinski definition) is 1. The van der Waals surface area contributed by atoms with Crippen LogP contribution in [0.5, 0.6) is 0 Å². The molecule has 1 atom stereocenters. The van der Waals surface area contributed by atoms with Crippen LogP contribution >= 0.6 is 0 Å². The molecule has 0 amide bonds. The fraction of sp³-hybridized carbons (Fsp3) is 1.00. The molecule has 0 aliphatic heterocycles. The van der Waals surface area contributed by atoms with E-state index >= 15 is 0 Å². The Labute approximate surface area is 82.3 Å². The highest BCUT2D eigenvalue weighted by Crippen LogP contribution is 2.27. The van der Waals surface area contributed by atoms with E-state index in [0.717, 1.165) is 25.7 Å². The highest BCUT2D eigenvalue weighted by Gasteiger charge is 2.28. The molecule has 0 rings (SSSR count). The molecule has 0 spiro atoms. The molecule has 1 N–H and O–H groups in total. The van der Waals surface area contributed by atoms with Gasteiger partial charge in [-0.05, 0) is 25.7 Å². The predicted octanol–water partition coefficient (Wildman–Crippen LogP) is 3.09. The minimum atomic E-state index is -0.591. The number of rotatable bonds is 7. The summed E-state index contributed by atoms with van der Waals surface area (Å²) in [6.45, 7) is 8.34. The molecular formula is C11H24O2. The van der Waals surface area contributed by atoms with Gasteiger partial charge < -0.3 is 9.84 Å². The molecule has 0 aromatic rings. The Morgan fingerprint density at radius 1 is 1.15 bits per heavy atom. The maximum absolute atomic E-state index is 9.46. The van der Waals surface area contributed by atoms with Gasteiger partial charge in [-0.3, -0.25) is 0 Å². The largest absolute Gasteiger partial charge is 0.368 e. The first kappa shape index (κ1) is 12.9. The number of hydrogen-bond acceptors (Lipinski definition) is 2. The van der Waals surface area contributed by atoms with Crippen molar-refractivity contribution in [1.29, 1.82) is 0 Å². The van der Waals surface area contributed by atoms with Gasteiger partial charge in [0.1, 0.15) is 0 Å². The Bertz CT molecular complexity index is 119. The van der Waals surface area contributed by atoms with Gasteiger partial charge in [-0.25, -0.2) is 0 Å². The molecule has 0 saturated carbocycles. The summed E-state index contributed by atoms with van der Waals surface area (Å²) in [5.41, 5.74) is -0.0931. The summed E-state index contributed by atoms with van der Waals surface area (Å²) in [5, 5.41) is 9.46. The summed E-state index contributed by atoms with van der Waals surface area (Å²) in [7, 11) is 0. The molecule has 0 aliphatic rings. The molecule has 0 fully saturated rings. The van der Waals surface area contributed by atoms with Gasteiger partial charge in [0.2, 0.25) is 0 Å². The molecule has 0 bridgehead atoms. The van der Waals surface area contributed by atoms with E-state index in [0.29, 0.717) is 6.42 Å². The minimum absolute atomic E-state index is 0.0931. The molecule has 0 aromatic carbocycles. The highest BCUT2D eigenvalue weighted by atomic mass is 16.6. The highest BCUT2D eigenvalue weighted by molar-refractivity contribution is 4.77. The van der Waals surface area contributed by atoms with Crippen molar-refractivity contribution in [2.45, 2.75) is 71.7 Å². The van der Waals surface area contributed by atoms with E-state index in [1.807, 2.05) is 6.92 Å². The van der Waals surface area contributed by atoms with E-state index in [1.165, 1.54) is 0 Å². The fourth-order valence-corrected chi connectivity index (χ4v) is 1.66. The van der Waals surface area contributed by atoms with Crippen LogP contribution in [-0.2, 0) is 4.74 Å². The summed E-state index contributed by atoms with van der Waals surface area (Å²) in [6.07, 6.45) is 4.19. The van der Waals surface area contributed by atoms with Gasteiger partial charge in [-0.1, -0.05) is 34.1 Å². The smallest absolute Gasteiger partial charge is 0.155 e. The van der Waals surface area contributed by atoms with Crippen LogP contribution in [0.15, 0.2) is 0 Å². The number of aliphatic hydroxyl groups excluding tert-OH is 1. The molecule has 0 aromatic heterocycles. The summed E-state index contributed by atoms with van der Waals surface area (Å²) < 4.78 is 5.68. The molecule has 1 unspecified atom stereocenters. The summed E-state index contributed by atoms with van der Waals surface area (Å²) in [6, 6.07) is 0. The third-order valence-electron chi connectivity index (χ3n) is 2.73. The van der Waals surface area contributed by atoms with Crippen LogP contribution in [0, 0.1) is 0 Å². The van der Waals surface area contributed by atoms with Gasteiger partial charge in [0, 0.05) is 0 Å². The third-order valence-corrected chi connectivity index (χ3v) is 2.73. The van der Waals surface area contributed by atoms with Crippen molar-refractivity contribution < 1.29 is 9.84 Å². The second kappa shape index (κ2) is 6.39. The van der Waals surface area contributed by atoms with Crippen molar-refractivity contribution >= 4 is 0 Å². The second-order valence-corrected chi connectivity index (χ2v) is 3.62. The van der Waals surface area contributed by atoms with Gasteiger partial charge in [0.25, 0.3) is 0 Å². The lowest BCUT2D eigenvalue weighted by atomic mass is 9.91. The van der Waals surface area contributed by atoms with Crippen LogP contribution in [-0.4, -0.2) is 17.0 Å². The van der Waals surface area contributed by atoms with E-state index in [2.05, 4.69) is 20.8 Å². The average Bonchev–Trinajstić information content (AvgIpc) is 2.17. The van der Waals surface area contributed by atoms with Crippen molar-refractivity contribution in [3.63, 3.8) is 0 Å². The van der Waals surface area contributed by atoms with Crippen LogP contribution in [0.4, 0.5) is 0 Å². The van der Waals surface area contributed by atoms with Crippen LogP contribution < -0.4 is 0 Å². The minimum Gasteiger partial charge on any atom is -0.368 e. The van der Waals surface area contributed by atoms with E-state index in [1.54, 1.807) is 0 Å². The van der Waals surface area contributed by atoms with Crippen molar-refractivity contribution in [2.75, 3.05) is 0 Å². The van der Waals surface area contributed by atoms with Crippen molar-refractivity contribution in [2.24, 2.45) is 0 Å². The first-order valence-electron chi connectivity index (χ1n) is 5.50. The first-order valence-corrected chi connectivity index (χ1v) is 5.50. The molecule has 13 heavy (non-hydrogen) atoms. The van der Waals surface area contributed by atoms with Crippen LogP contribution in [0.1, 0.15) is 59.8 Å². The Morgan fingerprint density at radius 3 is 2.00 bits per heavy atom. The lowest BCUT2D eigenvalue weighted by Gasteiger charge is -2.33. The molecule has 0 heterocycles. The number of ether oxygens (including phenoxy) is 1. The van der Waals surface area contributed by atoms with Crippen LogP contribution in [0.2, 0.25) is 0 Å². The van der Waals surface area contributed by atoms with E-state index in [9.17, 15) is 5.11 Å². The van der Waals surface area contributed by atoms with E-state index in [-0.39, 0.29) is 5.60 Å². The summed E-state index contributed by atoms with van der Waals surface area (Å²) in [5.74, 6) is 0. The van der Waals surface area contributed by atoms with Crippen LogP contribution in [0.25, 0.3) is 0 Å². The molecular weight excluding hydrogens is 164 g/mol. The third kappa shape index (κ3) is 4.10. The van der Waals surface area contributed by atoms with Crippen molar-refractivity contribution in [3.05, 3.63) is 0 Å². The van der Waals surface area contributed by atoms with E-state index < -0.39 is 6.29 Å². The molecule has 2 nitrogen and oxygen atoms in total. The monoisotopic (exact) mass is 188 g/mol. The summed E-state index contributed by atoms with van der Waals surface area (Å²) in [4.78, 5) is 0. The Morgan fingerprint density at radius 2 is 1.69 bits per heavy atom. The van der Waals surface area contributed by atoms with Crippen molar-refractivity contribution in [3.8, 4) is 0 Å². The van der Waals surface area contributed by atoms with Gasteiger partial charge in [0.05, 0.1) is 5.60 Å². The van der Waals surface area contributed by atoms with Gasteiger partial charge >= 0.3 is 0 Å². The SMILES string of the molecule is CCCC(CC)(CC)OC(O)CC. The number of aliphatic hydroxyl groups is 1. The molecule has 0 aliphatic carbocycles. The Kier molecular flexibility index (Phi) is 6.35. The summed E-state index contributed by atoms with van der Waals surface area (Å²) >= 11 is 0. The lowest BCUT2D eigenvalue weighted by Crippen LogP contribution is -2.35. The standard InChI is InChI=1S/C11H24O2/c1-5-9-11(7-3,8-4)13-10(12)6-2/h10,12H,5-9H2,1-4H3. The topological polar surface area (TPSA) is 29.5 Å². The second-order valence-electron chi connectivity index (χ2n) is 3.62. The van der Waals surface area contributed by atoms with Gasteiger partial charge in [0.15, 0.2) is 6.29 Å². The molecule has 0 radical (unpaired) electrons. The van der Waals surface area contributed by atoms with Crippen LogP contribution in [0.3, 0.4) is 0 Å².